The van der Waals surface area contributed by atoms with Crippen LogP contribution in [0, 0.1) is 10.8 Å². The second-order valence-corrected chi connectivity index (χ2v) is 9.86. The first kappa shape index (κ1) is 18.8. The van der Waals surface area contributed by atoms with Crippen molar-refractivity contribution in [2.45, 2.75) is 60.4 Å². The lowest BCUT2D eigenvalue weighted by Gasteiger charge is -2.37. The molecule has 3 rings (SSSR count). The molecule has 1 unspecified atom stereocenters. The number of hydrogen-bond donors (Lipinski definition) is 0. The van der Waals surface area contributed by atoms with E-state index in [9.17, 15) is 0 Å². The van der Waals surface area contributed by atoms with E-state index < -0.39 is 0 Å². The molecule has 0 saturated carbocycles. The molecule has 0 saturated heterocycles. The Hall–Kier alpha value is -1.96. The minimum atomic E-state index is 0.232. The maximum Gasteiger partial charge on any atom is 0.161 e. The quantitative estimate of drug-likeness (QED) is 0.617. The third-order valence-corrected chi connectivity index (χ3v) is 5.21. The molecule has 2 aromatic carbocycles. The molecule has 1 heterocycles. The first-order chi connectivity index (χ1) is 12.1. The summed E-state index contributed by atoms with van der Waals surface area (Å²) in [5.74, 6) is 1.56. The maximum atomic E-state index is 6.04. The number of nitrogens with zero attached hydrogens (tertiary/aromatic N) is 1. The van der Waals surface area contributed by atoms with Crippen molar-refractivity contribution in [3.63, 3.8) is 0 Å². The van der Waals surface area contributed by atoms with Gasteiger partial charge in [0.1, 0.15) is 5.75 Å². The van der Waals surface area contributed by atoms with Crippen molar-refractivity contribution in [1.29, 1.82) is 0 Å². The Labute approximate surface area is 159 Å². The highest BCUT2D eigenvalue weighted by molar-refractivity contribution is 5.50. The SMILES string of the molecule is CC(C)(C)CC(c1ccc2c(c1)CN(c1ccccc1)CO2)C(C)(C)C. The number of para-hydroxylation sites is 1. The van der Waals surface area contributed by atoms with Crippen molar-refractivity contribution in [2.24, 2.45) is 10.8 Å². The van der Waals surface area contributed by atoms with Crippen molar-refractivity contribution < 1.29 is 4.74 Å². The number of hydrogen-bond acceptors (Lipinski definition) is 2. The van der Waals surface area contributed by atoms with Crippen LogP contribution in [0.2, 0.25) is 0 Å². The Balaban J connectivity index is 1.90. The molecule has 140 valence electrons. The van der Waals surface area contributed by atoms with Crippen molar-refractivity contribution in [2.75, 3.05) is 11.6 Å². The molecule has 0 aliphatic carbocycles. The Kier molecular flexibility index (Phi) is 5.05. The van der Waals surface area contributed by atoms with Gasteiger partial charge in [0.05, 0.1) is 0 Å². The molecule has 0 radical (unpaired) electrons. The zero-order valence-electron chi connectivity index (χ0n) is 17.2. The molecule has 1 atom stereocenters. The topological polar surface area (TPSA) is 12.5 Å². The lowest BCUT2D eigenvalue weighted by atomic mass is 9.69. The Morgan fingerprint density at radius 2 is 1.65 bits per heavy atom. The largest absolute Gasteiger partial charge is 0.473 e. The van der Waals surface area contributed by atoms with Crippen molar-refractivity contribution >= 4 is 5.69 Å². The van der Waals surface area contributed by atoms with Gasteiger partial charge in [-0.2, -0.15) is 0 Å². The van der Waals surface area contributed by atoms with Crippen LogP contribution in [0.5, 0.6) is 5.75 Å². The molecule has 0 bridgehead atoms. The summed E-state index contributed by atoms with van der Waals surface area (Å²) in [7, 11) is 0. The van der Waals surface area contributed by atoms with Gasteiger partial charge in [-0.05, 0) is 46.9 Å². The van der Waals surface area contributed by atoms with Crippen LogP contribution in [-0.4, -0.2) is 6.73 Å². The Morgan fingerprint density at radius 1 is 0.962 bits per heavy atom. The summed E-state index contributed by atoms with van der Waals surface area (Å²) in [5, 5.41) is 0. The summed E-state index contributed by atoms with van der Waals surface area (Å²) in [6.07, 6.45) is 1.18. The predicted octanol–water partition coefficient (Wildman–Crippen LogP) is 6.61. The van der Waals surface area contributed by atoms with E-state index in [-0.39, 0.29) is 5.41 Å². The van der Waals surface area contributed by atoms with Gasteiger partial charge in [0.2, 0.25) is 0 Å². The van der Waals surface area contributed by atoms with Gasteiger partial charge < -0.3 is 9.64 Å². The third kappa shape index (κ3) is 4.41. The molecule has 0 spiro atoms. The molecule has 0 aromatic heterocycles. The zero-order valence-corrected chi connectivity index (χ0v) is 17.2. The Bertz CT molecular complexity index is 737. The average Bonchev–Trinajstić information content (AvgIpc) is 2.58. The van der Waals surface area contributed by atoms with E-state index in [0.717, 1.165) is 12.3 Å². The Morgan fingerprint density at radius 3 is 2.27 bits per heavy atom. The second-order valence-electron chi connectivity index (χ2n) is 9.86. The summed E-state index contributed by atoms with van der Waals surface area (Å²) in [6, 6.07) is 17.4. The molecule has 2 nitrogen and oxygen atoms in total. The summed E-state index contributed by atoms with van der Waals surface area (Å²) in [4.78, 5) is 2.29. The first-order valence-corrected chi connectivity index (χ1v) is 9.69. The van der Waals surface area contributed by atoms with Crippen LogP contribution in [0.15, 0.2) is 48.5 Å². The summed E-state index contributed by atoms with van der Waals surface area (Å²) < 4.78 is 6.04. The van der Waals surface area contributed by atoms with Gasteiger partial charge in [0, 0.05) is 17.8 Å². The minimum Gasteiger partial charge on any atom is -0.473 e. The van der Waals surface area contributed by atoms with Crippen LogP contribution < -0.4 is 9.64 Å². The molecule has 1 aliphatic heterocycles. The minimum absolute atomic E-state index is 0.232. The number of ether oxygens (including phenoxy) is 1. The average molecular weight is 352 g/mol. The van der Waals surface area contributed by atoms with Crippen LogP contribution in [0.25, 0.3) is 0 Å². The standard InChI is InChI=1S/C24H33NO/c1-23(2,3)15-21(24(4,5)6)18-12-13-22-19(14-18)16-25(17-26-22)20-10-8-7-9-11-20/h7-14,21H,15-17H2,1-6H3. The zero-order chi connectivity index (χ0) is 18.9. The molecule has 26 heavy (non-hydrogen) atoms. The molecular formula is C24H33NO. The van der Waals surface area contributed by atoms with Crippen LogP contribution in [0.1, 0.15) is 65.0 Å². The number of rotatable bonds is 3. The number of benzene rings is 2. The maximum absolute atomic E-state index is 6.04. The summed E-state index contributed by atoms with van der Waals surface area (Å²) in [5.41, 5.74) is 4.48. The van der Waals surface area contributed by atoms with E-state index in [1.165, 1.54) is 23.2 Å². The van der Waals surface area contributed by atoms with E-state index in [4.69, 9.17) is 4.74 Å². The fourth-order valence-corrected chi connectivity index (χ4v) is 3.82. The van der Waals surface area contributed by atoms with E-state index in [0.29, 0.717) is 18.1 Å². The molecule has 0 fully saturated rings. The van der Waals surface area contributed by atoms with Gasteiger partial charge in [-0.3, -0.25) is 0 Å². The molecular weight excluding hydrogens is 318 g/mol. The van der Waals surface area contributed by atoms with Crippen LogP contribution in [0.3, 0.4) is 0 Å². The van der Waals surface area contributed by atoms with E-state index in [2.05, 4.69) is 95.0 Å². The van der Waals surface area contributed by atoms with Gasteiger partial charge in [-0.15, -0.1) is 0 Å². The van der Waals surface area contributed by atoms with Crippen LogP contribution >= 0.6 is 0 Å². The molecule has 2 aromatic rings. The molecule has 1 aliphatic rings. The fourth-order valence-electron chi connectivity index (χ4n) is 3.82. The fraction of sp³-hybridized carbons (Fsp3) is 0.500. The molecule has 0 N–H and O–H groups in total. The van der Waals surface area contributed by atoms with E-state index in [1.807, 2.05) is 0 Å². The predicted molar refractivity (Wildman–Crippen MR) is 111 cm³/mol. The lowest BCUT2D eigenvalue weighted by molar-refractivity contribution is 0.228. The van der Waals surface area contributed by atoms with Crippen LogP contribution in [-0.2, 0) is 6.54 Å². The highest BCUT2D eigenvalue weighted by atomic mass is 16.5. The summed E-state index contributed by atoms with van der Waals surface area (Å²) in [6.45, 7) is 15.6. The number of anilines is 1. The summed E-state index contributed by atoms with van der Waals surface area (Å²) >= 11 is 0. The van der Waals surface area contributed by atoms with E-state index >= 15 is 0 Å². The third-order valence-electron chi connectivity index (χ3n) is 5.21. The van der Waals surface area contributed by atoms with Gasteiger partial charge in [0.15, 0.2) is 6.73 Å². The monoisotopic (exact) mass is 351 g/mol. The van der Waals surface area contributed by atoms with E-state index in [1.54, 1.807) is 0 Å². The van der Waals surface area contributed by atoms with Gasteiger partial charge in [-0.25, -0.2) is 0 Å². The van der Waals surface area contributed by atoms with Crippen molar-refractivity contribution in [3.05, 3.63) is 59.7 Å². The smallest absolute Gasteiger partial charge is 0.161 e. The number of fused-ring (bicyclic) bond motifs is 1. The molecule has 2 heteroatoms. The highest BCUT2D eigenvalue weighted by Crippen LogP contribution is 2.44. The highest BCUT2D eigenvalue weighted by Gasteiger charge is 2.31. The van der Waals surface area contributed by atoms with Crippen LogP contribution in [0.4, 0.5) is 5.69 Å². The van der Waals surface area contributed by atoms with Gasteiger partial charge in [0.25, 0.3) is 0 Å². The van der Waals surface area contributed by atoms with Gasteiger partial charge in [-0.1, -0.05) is 71.9 Å². The molecule has 0 amide bonds. The van der Waals surface area contributed by atoms with Crippen molar-refractivity contribution in [1.82, 2.24) is 0 Å². The first-order valence-electron chi connectivity index (χ1n) is 9.69. The van der Waals surface area contributed by atoms with Crippen molar-refractivity contribution in [3.8, 4) is 5.75 Å². The lowest BCUT2D eigenvalue weighted by Crippen LogP contribution is -2.32. The van der Waals surface area contributed by atoms with Gasteiger partial charge >= 0.3 is 0 Å². The second kappa shape index (κ2) is 6.98. The normalized spacial score (nSPS) is 16.0.